The lowest BCUT2D eigenvalue weighted by Crippen LogP contribution is -2.43. The summed E-state index contributed by atoms with van der Waals surface area (Å²) in [7, 11) is 0. The minimum absolute atomic E-state index is 0.357. The first kappa shape index (κ1) is 13.1. The third kappa shape index (κ3) is 3.55. The van der Waals surface area contributed by atoms with Crippen molar-refractivity contribution < 1.29 is 14.1 Å². The molecule has 1 aromatic carbocycles. The molecule has 0 aliphatic rings. The van der Waals surface area contributed by atoms with Crippen LogP contribution in [0, 0.1) is 6.92 Å². The Kier molecular flexibility index (Phi) is 4.13. The SMILES string of the molecule is Cc1cccc[n+]1C(C)OC(=O)Nc1ccccc1. The van der Waals surface area contributed by atoms with Crippen LogP contribution in [0.1, 0.15) is 18.8 Å². The molecule has 2 aromatic rings. The molecule has 0 spiro atoms. The van der Waals surface area contributed by atoms with Crippen LogP contribution in [0.2, 0.25) is 0 Å². The van der Waals surface area contributed by atoms with Crippen molar-refractivity contribution >= 4 is 11.8 Å². The number of hydrogen-bond acceptors (Lipinski definition) is 2. The van der Waals surface area contributed by atoms with Crippen molar-refractivity contribution in [2.45, 2.75) is 20.1 Å². The highest BCUT2D eigenvalue weighted by Crippen LogP contribution is 2.07. The number of ether oxygens (including phenoxy) is 1. The zero-order valence-corrected chi connectivity index (χ0v) is 11.0. The van der Waals surface area contributed by atoms with Crippen LogP contribution >= 0.6 is 0 Å². The number of nitrogens with one attached hydrogen (secondary N) is 1. The van der Waals surface area contributed by atoms with E-state index >= 15 is 0 Å². The Balaban J connectivity index is 1.98. The standard InChI is InChI=1S/C15H16N2O2/c1-12-8-6-7-11-17(12)13(2)19-15(18)16-14-9-4-3-5-10-14/h3-11,13H,1-2H3/p+1. The fourth-order valence-electron chi connectivity index (χ4n) is 1.83. The van der Waals surface area contributed by atoms with E-state index in [1.165, 1.54) is 0 Å². The predicted molar refractivity (Wildman–Crippen MR) is 72.6 cm³/mol. The summed E-state index contributed by atoms with van der Waals surface area (Å²) in [4.78, 5) is 11.8. The van der Waals surface area contributed by atoms with Crippen LogP contribution in [-0.2, 0) is 4.74 Å². The van der Waals surface area contributed by atoms with E-state index in [1.807, 2.05) is 73.1 Å². The number of hydrogen-bond donors (Lipinski definition) is 1. The van der Waals surface area contributed by atoms with E-state index in [0.717, 1.165) is 11.4 Å². The van der Waals surface area contributed by atoms with Gasteiger partial charge in [-0.3, -0.25) is 5.32 Å². The summed E-state index contributed by atoms with van der Waals surface area (Å²) in [5, 5.41) is 2.69. The van der Waals surface area contributed by atoms with Crippen LogP contribution in [0.4, 0.5) is 10.5 Å². The fourth-order valence-corrected chi connectivity index (χ4v) is 1.83. The Hall–Kier alpha value is -2.36. The summed E-state index contributed by atoms with van der Waals surface area (Å²) >= 11 is 0. The van der Waals surface area contributed by atoms with E-state index in [1.54, 1.807) is 0 Å². The minimum Gasteiger partial charge on any atom is -0.386 e. The van der Waals surface area contributed by atoms with Crippen LogP contribution in [0.5, 0.6) is 0 Å². The number of amides is 1. The molecule has 0 aliphatic heterocycles. The van der Waals surface area contributed by atoms with Crippen LogP contribution in [0.25, 0.3) is 0 Å². The summed E-state index contributed by atoms with van der Waals surface area (Å²) < 4.78 is 7.23. The molecule has 4 nitrogen and oxygen atoms in total. The molecule has 1 atom stereocenters. The monoisotopic (exact) mass is 257 g/mol. The first-order chi connectivity index (χ1) is 9.16. The Morgan fingerprint density at radius 2 is 1.84 bits per heavy atom. The second-order valence-electron chi connectivity index (χ2n) is 4.24. The van der Waals surface area contributed by atoms with Crippen LogP contribution in [0.15, 0.2) is 54.7 Å². The van der Waals surface area contributed by atoms with Gasteiger partial charge in [0.2, 0.25) is 0 Å². The minimum atomic E-state index is -0.463. The molecule has 4 heteroatoms. The van der Waals surface area contributed by atoms with E-state index in [0.29, 0.717) is 0 Å². The van der Waals surface area contributed by atoms with Crippen molar-refractivity contribution in [3.05, 3.63) is 60.4 Å². The number of carbonyl (C=O) groups is 1. The molecule has 0 saturated carbocycles. The molecule has 1 N–H and O–H groups in total. The van der Waals surface area contributed by atoms with Crippen molar-refractivity contribution in [1.82, 2.24) is 0 Å². The van der Waals surface area contributed by atoms with E-state index < -0.39 is 6.09 Å². The first-order valence-corrected chi connectivity index (χ1v) is 6.16. The quantitative estimate of drug-likeness (QED) is 0.859. The van der Waals surface area contributed by atoms with Crippen LogP contribution < -0.4 is 9.88 Å². The van der Waals surface area contributed by atoms with Gasteiger partial charge in [0.1, 0.15) is 0 Å². The number of rotatable bonds is 3. The topological polar surface area (TPSA) is 42.2 Å². The van der Waals surface area contributed by atoms with Crippen molar-refractivity contribution in [3.8, 4) is 0 Å². The molecule has 0 radical (unpaired) electrons. The van der Waals surface area contributed by atoms with Crippen molar-refractivity contribution in [1.29, 1.82) is 0 Å². The van der Waals surface area contributed by atoms with Crippen molar-refractivity contribution in [2.75, 3.05) is 5.32 Å². The lowest BCUT2D eigenvalue weighted by Gasteiger charge is -2.11. The average molecular weight is 257 g/mol. The number of nitrogens with zero attached hydrogens (tertiary/aromatic N) is 1. The highest BCUT2D eigenvalue weighted by Gasteiger charge is 2.19. The van der Waals surface area contributed by atoms with Gasteiger partial charge in [0.15, 0.2) is 11.9 Å². The Morgan fingerprint density at radius 3 is 2.53 bits per heavy atom. The predicted octanol–water partition coefficient (Wildman–Crippen LogP) is 3.05. The number of para-hydroxylation sites is 1. The molecule has 1 unspecified atom stereocenters. The number of carbonyl (C=O) groups excluding carboxylic acids is 1. The number of aryl methyl sites for hydroxylation is 1. The molecular formula is C15H17N2O2+. The number of pyridine rings is 1. The van der Waals surface area contributed by atoms with E-state index in [9.17, 15) is 4.79 Å². The Labute approximate surface area is 112 Å². The molecule has 0 fully saturated rings. The van der Waals surface area contributed by atoms with E-state index in [4.69, 9.17) is 4.74 Å². The fraction of sp³-hybridized carbons (Fsp3) is 0.200. The van der Waals surface area contributed by atoms with Gasteiger partial charge in [-0.15, -0.1) is 0 Å². The van der Waals surface area contributed by atoms with Crippen molar-refractivity contribution in [3.63, 3.8) is 0 Å². The maximum Gasteiger partial charge on any atom is 0.416 e. The molecule has 1 aromatic heterocycles. The van der Waals surface area contributed by atoms with Gasteiger partial charge in [-0.05, 0) is 12.1 Å². The zero-order chi connectivity index (χ0) is 13.7. The van der Waals surface area contributed by atoms with Gasteiger partial charge >= 0.3 is 12.3 Å². The lowest BCUT2D eigenvalue weighted by atomic mass is 10.3. The molecule has 0 aliphatic carbocycles. The highest BCUT2D eigenvalue weighted by molar-refractivity contribution is 5.84. The summed E-state index contributed by atoms with van der Waals surface area (Å²) in [6.45, 7) is 3.80. The van der Waals surface area contributed by atoms with Gasteiger partial charge in [0.25, 0.3) is 0 Å². The largest absolute Gasteiger partial charge is 0.416 e. The van der Waals surface area contributed by atoms with Crippen LogP contribution in [0.3, 0.4) is 0 Å². The Bertz CT molecular complexity index is 555. The molecule has 19 heavy (non-hydrogen) atoms. The lowest BCUT2D eigenvalue weighted by molar-refractivity contribution is -0.757. The molecule has 1 heterocycles. The first-order valence-electron chi connectivity index (χ1n) is 6.16. The molecule has 0 saturated heterocycles. The smallest absolute Gasteiger partial charge is 0.386 e. The van der Waals surface area contributed by atoms with Gasteiger partial charge in [-0.2, -0.15) is 4.57 Å². The molecular weight excluding hydrogens is 240 g/mol. The summed E-state index contributed by atoms with van der Waals surface area (Å²) in [5.41, 5.74) is 1.75. The molecule has 1 amide bonds. The maximum atomic E-state index is 11.8. The summed E-state index contributed by atoms with van der Waals surface area (Å²) in [6.07, 6.45) is 1.06. The van der Waals surface area contributed by atoms with Gasteiger partial charge in [0, 0.05) is 31.7 Å². The van der Waals surface area contributed by atoms with Crippen LogP contribution in [-0.4, -0.2) is 6.09 Å². The summed E-state index contributed by atoms with van der Waals surface area (Å²) in [5.74, 6) is 0. The second kappa shape index (κ2) is 6.00. The molecule has 98 valence electrons. The van der Waals surface area contributed by atoms with E-state index in [2.05, 4.69) is 5.32 Å². The second-order valence-corrected chi connectivity index (χ2v) is 4.24. The number of benzene rings is 1. The maximum absolute atomic E-state index is 11.8. The van der Waals surface area contributed by atoms with Gasteiger partial charge in [-0.1, -0.05) is 24.3 Å². The van der Waals surface area contributed by atoms with Crippen molar-refractivity contribution in [2.24, 2.45) is 0 Å². The van der Waals surface area contributed by atoms with E-state index in [-0.39, 0.29) is 6.23 Å². The normalized spacial score (nSPS) is 11.7. The average Bonchev–Trinajstić information content (AvgIpc) is 2.40. The third-order valence-electron chi connectivity index (χ3n) is 2.79. The zero-order valence-electron chi connectivity index (χ0n) is 11.0. The third-order valence-corrected chi connectivity index (χ3v) is 2.79. The highest BCUT2D eigenvalue weighted by atomic mass is 16.6. The summed E-state index contributed by atoms with van der Waals surface area (Å²) in [6, 6.07) is 15.0. The van der Waals surface area contributed by atoms with Gasteiger partial charge in [-0.25, -0.2) is 4.79 Å². The Morgan fingerprint density at radius 1 is 1.16 bits per heavy atom. The van der Waals surface area contributed by atoms with Gasteiger partial charge < -0.3 is 4.74 Å². The number of aromatic nitrogens is 1. The molecule has 2 rings (SSSR count). The molecule has 0 bridgehead atoms. The van der Waals surface area contributed by atoms with Gasteiger partial charge in [0.05, 0.1) is 0 Å². The number of anilines is 1.